The number of carbonyl (C=O) groups excluding carboxylic acids is 1. The Morgan fingerprint density at radius 3 is 2.83 bits per heavy atom. The second kappa shape index (κ2) is 8.78. The number of thiophene rings is 1. The van der Waals surface area contributed by atoms with Gasteiger partial charge in [-0.2, -0.15) is 0 Å². The average molecular weight is 437 g/mol. The highest BCUT2D eigenvalue weighted by molar-refractivity contribution is 7.99. The standard InChI is InChI=1S/C23H24N4OS2/c28-21(19-14-24-20-11-5-4-10-18(19)20)15-30-23-26-25-22(13-17-9-6-12-29-17)27(23)16-7-2-1-3-8-16/h4-6,9-12,14,16,24H,1-3,7-8,13,15H2. The van der Waals surface area contributed by atoms with Crippen LogP contribution in [-0.4, -0.2) is 31.3 Å². The van der Waals surface area contributed by atoms with Crippen molar-refractivity contribution in [1.82, 2.24) is 19.7 Å². The number of benzene rings is 1. The zero-order chi connectivity index (χ0) is 20.3. The Hall–Kier alpha value is -2.38. The van der Waals surface area contributed by atoms with Gasteiger partial charge < -0.3 is 9.55 Å². The van der Waals surface area contributed by atoms with Gasteiger partial charge >= 0.3 is 0 Å². The predicted molar refractivity (Wildman–Crippen MR) is 123 cm³/mol. The Bertz CT molecular complexity index is 1140. The molecule has 5 nitrogen and oxygen atoms in total. The predicted octanol–water partition coefficient (Wildman–Crippen LogP) is 5.89. The highest BCUT2D eigenvalue weighted by atomic mass is 32.2. The van der Waals surface area contributed by atoms with Gasteiger partial charge in [0.05, 0.1) is 5.75 Å². The van der Waals surface area contributed by atoms with Gasteiger partial charge in [0.1, 0.15) is 5.82 Å². The first-order valence-corrected chi connectivity index (χ1v) is 12.3. The maximum Gasteiger partial charge on any atom is 0.191 e. The molecule has 0 spiro atoms. The number of ketones is 1. The van der Waals surface area contributed by atoms with Crippen molar-refractivity contribution >= 4 is 39.8 Å². The normalized spacial score (nSPS) is 15.1. The molecule has 0 saturated heterocycles. The van der Waals surface area contributed by atoms with Crippen LogP contribution in [0.4, 0.5) is 0 Å². The number of Topliss-reactive ketones (excluding diaryl/α,β-unsaturated/α-hetero) is 1. The van der Waals surface area contributed by atoms with Crippen LogP contribution in [0.5, 0.6) is 0 Å². The van der Waals surface area contributed by atoms with Gasteiger partial charge in [-0.05, 0) is 30.4 Å². The van der Waals surface area contributed by atoms with E-state index in [0.29, 0.717) is 11.8 Å². The molecule has 1 fully saturated rings. The molecule has 1 saturated carbocycles. The zero-order valence-corrected chi connectivity index (χ0v) is 18.3. The number of H-pyrrole nitrogens is 1. The summed E-state index contributed by atoms with van der Waals surface area (Å²) in [6.07, 6.45) is 8.76. The molecular weight excluding hydrogens is 412 g/mol. The minimum atomic E-state index is 0.121. The van der Waals surface area contributed by atoms with E-state index in [0.717, 1.165) is 33.9 Å². The van der Waals surface area contributed by atoms with E-state index < -0.39 is 0 Å². The number of rotatable bonds is 7. The van der Waals surface area contributed by atoms with Crippen molar-refractivity contribution < 1.29 is 4.79 Å². The molecule has 0 bridgehead atoms. The first-order chi connectivity index (χ1) is 14.8. The van der Waals surface area contributed by atoms with Crippen LogP contribution in [0.15, 0.2) is 53.1 Å². The fourth-order valence-corrected chi connectivity index (χ4v) is 5.92. The van der Waals surface area contributed by atoms with E-state index in [1.54, 1.807) is 11.3 Å². The number of fused-ring (bicyclic) bond motifs is 1. The Kier molecular flexibility index (Phi) is 5.73. The van der Waals surface area contributed by atoms with Gasteiger partial charge in [0.15, 0.2) is 10.9 Å². The summed E-state index contributed by atoms with van der Waals surface area (Å²) in [5.41, 5.74) is 1.75. The summed E-state index contributed by atoms with van der Waals surface area (Å²) < 4.78 is 2.33. The van der Waals surface area contributed by atoms with Gasteiger partial charge in [0, 0.05) is 40.0 Å². The number of carbonyl (C=O) groups is 1. The number of nitrogens with zero attached hydrogens (tertiary/aromatic N) is 3. The third-order valence-corrected chi connectivity index (χ3v) is 7.63. The highest BCUT2D eigenvalue weighted by Gasteiger charge is 2.24. The fraction of sp³-hybridized carbons (Fsp3) is 0.348. The number of hydrogen-bond acceptors (Lipinski definition) is 5. The quantitative estimate of drug-likeness (QED) is 0.290. The van der Waals surface area contributed by atoms with Crippen LogP contribution in [0.1, 0.15) is 59.2 Å². The van der Waals surface area contributed by atoms with Crippen LogP contribution in [0.25, 0.3) is 10.9 Å². The van der Waals surface area contributed by atoms with Crippen molar-refractivity contribution in [2.75, 3.05) is 5.75 Å². The monoisotopic (exact) mass is 436 g/mol. The molecule has 3 heterocycles. The molecule has 3 aromatic heterocycles. The second-order valence-electron chi connectivity index (χ2n) is 7.78. The van der Waals surface area contributed by atoms with Crippen molar-refractivity contribution in [3.8, 4) is 0 Å². The van der Waals surface area contributed by atoms with Gasteiger partial charge in [-0.1, -0.05) is 55.3 Å². The largest absolute Gasteiger partial charge is 0.360 e. The molecule has 1 N–H and O–H groups in total. The zero-order valence-electron chi connectivity index (χ0n) is 16.7. The Morgan fingerprint density at radius 2 is 2.00 bits per heavy atom. The fourth-order valence-electron chi connectivity index (χ4n) is 4.31. The summed E-state index contributed by atoms with van der Waals surface area (Å²) in [6, 6.07) is 12.6. The number of hydrogen-bond donors (Lipinski definition) is 1. The van der Waals surface area contributed by atoms with Gasteiger partial charge in [0.2, 0.25) is 0 Å². The van der Waals surface area contributed by atoms with E-state index in [1.807, 2.05) is 30.5 Å². The minimum absolute atomic E-state index is 0.121. The summed E-state index contributed by atoms with van der Waals surface area (Å²) in [5.74, 6) is 1.51. The van der Waals surface area contributed by atoms with Crippen LogP contribution in [0, 0.1) is 0 Å². The summed E-state index contributed by atoms with van der Waals surface area (Å²) in [7, 11) is 0. The molecule has 0 atom stereocenters. The van der Waals surface area contributed by atoms with Crippen molar-refractivity contribution in [2.45, 2.75) is 49.7 Å². The van der Waals surface area contributed by atoms with E-state index >= 15 is 0 Å². The van der Waals surface area contributed by atoms with Gasteiger partial charge in [-0.15, -0.1) is 21.5 Å². The number of para-hydroxylation sites is 1. The molecular formula is C23H24N4OS2. The Morgan fingerprint density at radius 1 is 1.13 bits per heavy atom. The van der Waals surface area contributed by atoms with E-state index in [9.17, 15) is 4.79 Å². The maximum absolute atomic E-state index is 12.9. The summed E-state index contributed by atoms with van der Waals surface area (Å²) >= 11 is 3.27. The van der Waals surface area contributed by atoms with E-state index in [1.165, 1.54) is 48.7 Å². The Labute approximate surface area is 183 Å². The molecule has 0 unspecified atom stereocenters. The van der Waals surface area contributed by atoms with Crippen molar-refractivity contribution in [3.63, 3.8) is 0 Å². The maximum atomic E-state index is 12.9. The van der Waals surface area contributed by atoms with Gasteiger partial charge in [0.25, 0.3) is 0 Å². The molecule has 7 heteroatoms. The summed E-state index contributed by atoms with van der Waals surface area (Å²) in [4.78, 5) is 17.4. The first kappa shape index (κ1) is 19.6. The Balaban J connectivity index is 1.38. The molecule has 5 rings (SSSR count). The molecule has 0 aliphatic heterocycles. The molecule has 0 amide bonds. The molecule has 30 heavy (non-hydrogen) atoms. The lowest BCUT2D eigenvalue weighted by Gasteiger charge is -2.25. The molecule has 1 aliphatic carbocycles. The lowest BCUT2D eigenvalue weighted by Crippen LogP contribution is -2.17. The van der Waals surface area contributed by atoms with E-state index in [2.05, 4.69) is 37.3 Å². The lowest BCUT2D eigenvalue weighted by molar-refractivity contribution is 0.102. The van der Waals surface area contributed by atoms with Crippen molar-refractivity contribution in [3.05, 3.63) is 64.2 Å². The first-order valence-electron chi connectivity index (χ1n) is 10.5. The molecule has 154 valence electrons. The van der Waals surface area contributed by atoms with E-state index in [4.69, 9.17) is 0 Å². The number of aromatic nitrogens is 4. The summed E-state index contributed by atoms with van der Waals surface area (Å²) in [5, 5.41) is 13.0. The van der Waals surface area contributed by atoms with Crippen LogP contribution < -0.4 is 0 Å². The molecule has 1 aromatic carbocycles. The van der Waals surface area contributed by atoms with Crippen LogP contribution >= 0.6 is 23.1 Å². The van der Waals surface area contributed by atoms with Crippen LogP contribution in [0.2, 0.25) is 0 Å². The lowest BCUT2D eigenvalue weighted by atomic mass is 9.95. The number of nitrogens with one attached hydrogen (secondary N) is 1. The molecule has 1 aliphatic rings. The van der Waals surface area contributed by atoms with E-state index in [-0.39, 0.29) is 5.78 Å². The SMILES string of the molecule is O=C(CSc1nnc(Cc2cccs2)n1C1CCCCC1)c1c[nH]c2ccccc12. The second-order valence-corrected chi connectivity index (χ2v) is 9.75. The minimum Gasteiger partial charge on any atom is -0.360 e. The highest BCUT2D eigenvalue weighted by Crippen LogP contribution is 2.34. The third-order valence-electron chi connectivity index (χ3n) is 5.81. The van der Waals surface area contributed by atoms with Crippen LogP contribution in [0.3, 0.4) is 0 Å². The number of thioether (sulfide) groups is 1. The van der Waals surface area contributed by atoms with Crippen molar-refractivity contribution in [1.29, 1.82) is 0 Å². The van der Waals surface area contributed by atoms with Crippen LogP contribution in [-0.2, 0) is 6.42 Å². The topological polar surface area (TPSA) is 63.6 Å². The van der Waals surface area contributed by atoms with Crippen molar-refractivity contribution in [2.24, 2.45) is 0 Å². The van der Waals surface area contributed by atoms with Gasteiger partial charge in [-0.25, -0.2) is 0 Å². The molecule has 0 radical (unpaired) electrons. The smallest absolute Gasteiger partial charge is 0.191 e. The average Bonchev–Trinajstić information content (AvgIpc) is 3.53. The summed E-state index contributed by atoms with van der Waals surface area (Å²) in [6.45, 7) is 0. The third kappa shape index (κ3) is 3.96. The van der Waals surface area contributed by atoms with Gasteiger partial charge in [-0.3, -0.25) is 4.79 Å². The molecule has 4 aromatic rings. The number of aromatic amines is 1.